The summed E-state index contributed by atoms with van der Waals surface area (Å²) in [4.78, 5) is 50.5. The van der Waals surface area contributed by atoms with E-state index in [1.165, 1.54) is 0 Å². The average molecular weight is 320 g/mol. The first-order valence-electron chi connectivity index (χ1n) is 8.24. The lowest BCUT2D eigenvalue weighted by molar-refractivity contribution is -0.141. The first-order chi connectivity index (χ1) is 10.7. The number of nitrogens with one attached hydrogen (secondary N) is 1. The Kier molecular flexibility index (Phi) is 3.61. The van der Waals surface area contributed by atoms with Gasteiger partial charge in [-0.05, 0) is 45.4 Å². The normalized spacial score (nSPS) is 39.0. The molecule has 0 aromatic heterocycles. The minimum atomic E-state index is -0.355. The van der Waals surface area contributed by atoms with Gasteiger partial charge in [0, 0.05) is 36.3 Å². The fourth-order valence-electron chi connectivity index (χ4n) is 4.73. The van der Waals surface area contributed by atoms with Gasteiger partial charge in [0.05, 0.1) is 0 Å². The van der Waals surface area contributed by atoms with Gasteiger partial charge in [-0.1, -0.05) is 0 Å². The van der Waals surface area contributed by atoms with E-state index in [4.69, 9.17) is 0 Å². The summed E-state index contributed by atoms with van der Waals surface area (Å²) in [5, 5.41) is 2.41. The number of hydrogen-bond acceptors (Lipinski definition) is 4. The second-order valence-corrected chi connectivity index (χ2v) is 8.17. The Bertz CT molecular complexity index is 580. The zero-order valence-electron chi connectivity index (χ0n) is 14.0. The predicted octanol–water partition coefficient (Wildman–Crippen LogP) is 0.603. The molecule has 6 atom stereocenters. The molecule has 126 valence electrons. The molecule has 1 heterocycles. The quantitative estimate of drug-likeness (QED) is 0.597. The molecule has 0 spiro atoms. The molecule has 1 aliphatic heterocycles. The van der Waals surface area contributed by atoms with E-state index in [2.05, 4.69) is 5.32 Å². The molecule has 3 amide bonds. The molecule has 2 saturated carbocycles. The van der Waals surface area contributed by atoms with E-state index in [0.29, 0.717) is 12.8 Å². The summed E-state index contributed by atoms with van der Waals surface area (Å²) >= 11 is 0. The number of carbonyl (C=O) groups is 4. The lowest BCUT2D eigenvalue weighted by Crippen LogP contribution is -2.48. The van der Waals surface area contributed by atoms with E-state index >= 15 is 0 Å². The van der Waals surface area contributed by atoms with Gasteiger partial charge >= 0.3 is 0 Å². The highest BCUT2D eigenvalue weighted by Gasteiger charge is 2.62. The molecule has 0 radical (unpaired) electrons. The monoisotopic (exact) mass is 320 g/mol. The minimum absolute atomic E-state index is 0.0235. The highest BCUT2D eigenvalue weighted by Crippen LogP contribution is 2.57. The molecule has 1 N–H and O–H groups in total. The third-order valence-corrected chi connectivity index (χ3v) is 6.12. The molecule has 1 saturated heterocycles. The molecule has 2 bridgehead atoms. The number of aldehydes is 1. The highest BCUT2D eigenvalue weighted by atomic mass is 16.2. The van der Waals surface area contributed by atoms with Gasteiger partial charge in [-0.25, -0.2) is 0 Å². The van der Waals surface area contributed by atoms with Crippen molar-refractivity contribution in [2.45, 2.75) is 39.2 Å². The van der Waals surface area contributed by atoms with Crippen LogP contribution in [-0.4, -0.2) is 41.5 Å². The first kappa shape index (κ1) is 16.1. The van der Waals surface area contributed by atoms with E-state index in [1.807, 2.05) is 20.8 Å². The minimum Gasteiger partial charge on any atom is -0.341 e. The fraction of sp³-hybridized carbons (Fsp3) is 0.765. The molecule has 6 nitrogen and oxygen atoms in total. The van der Waals surface area contributed by atoms with Gasteiger partial charge < -0.3 is 9.69 Å². The number of piperidine rings is 1. The molecule has 3 aliphatic rings. The molecular weight excluding hydrogens is 296 g/mol. The van der Waals surface area contributed by atoms with Crippen molar-refractivity contribution in [1.82, 2.24) is 10.2 Å². The van der Waals surface area contributed by atoms with E-state index in [-0.39, 0.29) is 58.8 Å². The van der Waals surface area contributed by atoms with Crippen molar-refractivity contribution < 1.29 is 19.2 Å². The van der Waals surface area contributed by atoms with E-state index in [0.717, 1.165) is 6.29 Å². The smallest absolute Gasteiger partial charge is 0.230 e. The van der Waals surface area contributed by atoms with Crippen molar-refractivity contribution in [3.63, 3.8) is 0 Å². The van der Waals surface area contributed by atoms with Crippen LogP contribution < -0.4 is 5.32 Å². The largest absolute Gasteiger partial charge is 0.341 e. The Labute approximate surface area is 136 Å². The summed E-state index contributed by atoms with van der Waals surface area (Å²) in [5.41, 5.74) is -0.322. The number of carbonyl (C=O) groups excluding carboxylic acids is 4. The Morgan fingerprint density at radius 3 is 2.22 bits per heavy atom. The molecule has 3 rings (SSSR count). The maximum absolute atomic E-state index is 13.0. The topological polar surface area (TPSA) is 83.6 Å². The van der Waals surface area contributed by atoms with Gasteiger partial charge in [0.15, 0.2) is 0 Å². The van der Waals surface area contributed by atoms with Crippen molar-refractivity contribution in [3.8, 4) is 0 Å². The summed E-state index contributed by atoms with van der Waals surface area (Å²) in [7, 11) is 1.76. The summed E-state index contributed by atoms with van der Waals surface area (Å²) in [5.74, 6) is -2.25. The SMILES string of the molecule is CN(C(=O)C1CC(C=O)C2C3CC(C(=O)NC3=O)C12)C(C)(C)C. The summed E-state index contributed by atoms with van der Waals surface area (Å²) in [6, 6.07) is 0. The van der Waals surface area contributed by atoms with Crippen molar-refractivity contribution >= 4 is 24.0 Å². The zero-order valence-corrected chi connectivity index (χ0v) is 14.0. The van der Waals surface area contributed by atoms with Crippen LogP contribution in [-0.2, 0) is 19.2 Å². The van der Waals surface area contributed by atoms with E-state index in [9.17, 15) is 19.2 Å². The maximum Gasteiger partial charge on any atom is 0.230 e. The van der Waals surface area contributed by atoms with Gasteiger partial charge in [-0.2, -0.15) is 0 Å². The van der Waals surface area contributed by atoms with Gasteiger partial charge in [0.1, 0.15) is 6.29 Å². The third-order valence-electron chi connectivity index (χ3n) is 6.12. The molecule has 6 heteroatoms. The van der Waals surface area contributed by atoms with Crippen LogP contribution in [0.5, 0.6) is 0 Å². The van der Waals surface area contributed by atoms with Crippen LogP contribution in [0.25, 0.3) is 0 Å². The zero-order chi connectivity index (χ0) is 17.1. The Morgan fingerprint density at radius 2 is 1.70 bits per heavy atom. The van der Waals surface area contributed by atoms with Crippen LogP contribution >= 0.6 is 0 Å². The number of rotatable bonds is 2. The molecule has 0 aromatic rings. The van der Waals surface area contributed by atoms with Crippen LogP contribution in [0.2, 0.25) is 0 Å². The lowest BCUT2D eigenvalue weighted by Gasteiger charge is -2.36. The van der Waals surface area contributed by atoms with Gasteiger partial charge in [-0.15, -0.1) is 0 Å². The predicted molar refractivity (Wildman–Crippen MR) is 81.9 cm³/mol. The second kappa shape index (κ2) is 5.14. The number of hydrogen-bond donors (Lipinski definition) is 1. The number of nitrogens with zero attached hydrogens (tertiary/aromatic N) is 1. The van der Waals surface area contributed by atoms with Crippen molar-refractivity contribution in [1.29, 1.82) is 0 Å². The molecule has 3 fully saturated rings. The van der Waals surface area contributed by atoms with Crippen LogP contribution in [0.1, 0.15) is 33.6 Å². The Hall–Kier alpha value is -1.72. The molecule has 23 heavy (non-hydrogen) atoms. The number of fused-ring (bicyclic) bond motifs is 5. The summed E-state index contributed by atoms with van der Waals surface area (Å²) < 4.78 is 0. The Morgan fingerprint density at radius 1 is 1.13 bits per heavy atom. The van der Waals surface area contributed by atoms with E-state index in [1.54, 1.807) is 11.9 Å². The van der Waals surface area contributed by atoms with Gasteiger partial charge in [0.2, 0.25) is 17.7 Å². The van der Waals surface area contributed by atoms with Crippen molar-refractivity contribution in [3.05, 3.63) is 0 Å². The first-order valence-corrected chi connectivity index (χ1v) is 8.24. The summed E-state index contributed by atoms with van der Waals surface area (Å²) in [6.45, 7) is 5.87. The number of amides is 3. The number of imide groups is 1. The Balaban J connectivity index is 1.95. The standard InChI is InChI=1S/C17H24N2O4/c1-17(2,3)19(4)16(23)11-5-8(7-20)12-9-6-10(13(11)12)15(22)18-14(9)21/h7-13H,5-6H2,1-4H3,(H,18,21,22). The molecular formula is C17H24N2O4. The van der Waals surface area contributed by atoms with Crippen LogP contribution in [0.3, 0.4) is 0 Å². The second-order valence-electron chi connectivity index (χ2n) is 8.17. The van der Waals surface area contributed by atoms with Crippen LogP contribution in [0, 0.1) is 35.5 Å². The van der Waals surface area contributed by atoms with Crippen LogP contribution in [0.15, 0.2) is 0 Å². The maximum atomic E-state index is 13.0. The fourth-order valence-corrected chi connectivity index (χ4v) is 4.73. The average Bonchev–Trinajstić information content (AvgIpc) is 2.99. The van der Waals surface area contributed by atoms with Crippen molar-refractivity contribution in [2.24, 2.45) is 35.5 Å². The third kappa shape index (κ3) is 2.30. The molecule has 6 unspecified atom stereocenters. The van der Waals surface area contributed by atoms with Gasteiger partial charge in [0.25, 0.3) is 0 Å². The van der Waals surface area contributed by atoms with Crippen LogP contribution in [0.4, 0.5) is 0 Å². The van der Waals surface area contributed by atoms with E-state index < -0.39 is 0 Å². The van der Waals surface area contributed by atoms with Gasteiger partial charge in [-0.3, -0.25) is 19.7 Å². The molecule has 0 aromatic carbocycles. The summed E-state index contributed by atoms with van der Waals surface area (Å²) in [6.07, 6.45) is 1.81. The van der Waals surface area contributed by atoms with Crippen molar-refractivity contribution in [2.75, 3.05) is 7.05 Å². The molecule has 2 aliphatic carbocycles. The highest BCUT2D eigenvalue weighted by molar-refractivity contribution is 6.02. The lowest BCUT2D eigenvalue weighted by atomic mass is 9.82.